The molecule has 0 aliphatic carbocycles. The monoisotopic (exact) mass is 440 g/mol. The van der Waals surface area contributed by atoms with Crippen LogP contribution in [0.4, 0.5) is 5.69 Å². The molecule has 0 aromatic heterocycles. The molecule has 3 rings (SSSR count). The minimum absolute atomic E-state index is 0.0996. The van der Waals surface area contributed by atoms with Gasteiger partial charge in [-0.2, -0.15) is 0 Å². The topological polar surface area (TPSA) is 91.1 Å². The van der Waals surface area contributed by atoms with Crippen molar-refractivity contribution in [2.75, 3.05) is 26.5 Å². The van der Waals surface area contributed by atoms with Crippen molar-refractivity contribution in [2.24, 2.45) is 0 Å². The summed E-state index contributed by atoms with van der Waals surface area (Å²) in [6.45, 7) is 2.09. The Morgan fingerprint density at radius 1 is 1.09 bits per heavy atom. The molecule has 1 aliphatic rings. The number of piperidine rings is 1. The van der Waals surface area contributed by atoms with Crippen LogP contribution >= 0.6 is 0 Å². The highest BCUT2D eigenvalue weighted by atomic mass is 16.5. The fourth-order valence-corrected chi connectivity index (χ4v) is 4.16. The number of likely N-dealkylation sites (tertiary alicyclic amines) is 1. The molecular formula is C25H32N2O5. The van der Waals surface area contributed by atoms with Crippen molar-refractivity contribution in [1.29, 1.82) is 0 Å². The molecule has 1 aliphatic heterocycles. The average molecular weight is 441 g/mol. The fraction of sp³-hybridized carbons (Fsp3) is 0.440. The number of hydrogen-bond donors (Lipinski definition) is 1. The second-order valence-electron chi connectivity index (χ2n) is 8.05. The number of rotatable bonds is 8. The van der Waals surface area contributed by atoms with Crippen LogP contribution in [0.25, 0.3) is 0 Å². The van der Waals surface area contributed by atoms with Crippen LogP contribution in [-0.4, -0.2) is 43.6 Å². The van der Waals surface area contributed by atoms with E-state index >= 15 is 0 Å². The molecule has 7 nitrogen and oxygen atoms in total. The number of esters is 1. The molecule has 0 radical (unpaired) electrons. The first kappa shape index (κ1) is 23.4. The molecule has 2 aromatic rings. The average Bonchev–Trinajstić information content (AvgIpc) is 2.81. The van der Waals surface area contributed by atoms with Gasteiger partial charge in [-0.15, -0.1) is 0 Å². The van der Waals surface area contributed by atoms with E-state index in [4.69, 9.17) is 19.9 Å². The Bertz CT molecular complexity index is 946. The van der Waals surface area contributed by atoms with Crippen molar-refractivity contribution in [3.8, 4) is 11.5 Å². The van der Waals surface area contributed by atoms with Crippen LogP contribution in [0.15, 0.2) is 42.5 Å². The first-order valence-corrected chi connectivity index (χ1v) is 11.0. The van der Waals surface area contributed by atoms with Crippen molar-refractivity contribution in [2.45, 2.75) is 51.2 Å². The summed E-state index contributed by atoms with van der Waals surface area (Å²) in [6, 6.07) is 12.6. The molecule has 32 heavy (non-hydrogen) atoms. The molecule has 1 saturated heterocycles. The minimum atomic E-state index is -0.536. The smallest absolute Gasteiger partial charge is 0.329 e. The number of aryl methyl sites for hydroxylation is 1. The van der Waals surface area contributed by atoms with Crippen LogP contribution in [0.2, 0.25) is 0 Å². The number of methoxy groups -OCH3 is 2. The van der Waals surface area contributed by atoms with Gasteiger partial charge < -0.3 is 24.8 Å². The molecule has 0 unspecified atom stereocenters. The molecule has 0 spiro atoms. The van der Waals surface area contributed by atoms with Gasteiger partial charge in [0.05, 0.1) is 14.2 Å². The van der Waals surface area contributed by atoms with Crippen LogP contribution in [0.5, 0.6) is 11.5 Å². The van der Waals surface area contributed by atoms with Crippen LogP contribution in [0.3, 0.4) is 0 Å². The van der Waals surface area contributed by atoms with E-state index < -0.39 is 12.1 Å². The standard InChI is InChI=1S/C25H32N2O5/c1-17(28)27-14-5-4-9-21(27)25(29)32-22(19-7-6-8-20(26)16-19)12-10-18-11-13-23(30-2)24(15-18)31-3/h6-8,11,13,15-16,21-22H,4-5,9-10,12,14,26H2,1-3H3/t21-,22+/m0/s1. The summed E-state index contributed by atoms with van der Waals surface area (Å²) in [5.41, 5.74) is 8.47. The van der Waals surface area contributed by atoms with Gasteiger partial charge in [0.2, 0.25) is 5.91 Å². The van der Waals surface area contributed by atoms with Gasteiger partial charge in [-0.25, -0.2) is 4.79 Å². The molecule has 1 heterocycles. The fourth-order valence-electron chi connectivity index (χ4n) is 4.16. The summed E-state index contributed by atoms with van der Waals surface area (Å²) in [6.07, 6.45) is 3.18. The molecule has 2 atom stereocenters. The van der Waals surface area contributed by atoms with Crippen molar-refractivity contribution in [3.63, 3.8) is 0 Å². The lowest BCUT2D eigenvalue weighted by Gasteiger charge is -2.34. The molecule has 1 fully saturated rings. The number of carbonyl (C=O) groups excluding carboxylic acids is 2. The Morgan fingerprint density at radius 3 is 2.56 bits per heavy atom. The number of anilines is 1. The van der Waals surface area contributed by atoms with Crippen molar-refractivity contribution in [1.82, 2.24) is 4.90 Å². The van der Waals surface area contributed by atoms with Crippen LogP contribution in [0, 0.1) is 0 Å². The van der Waals surface area contributed by atoms with Gasteiger partial charge in [0.25, 0.3) is 0 Å². The van der Waals surface area contributed by atoms with E-state index in [1.807, 2.05) is 36.4 Å². The predicted molar refractivity (Wildman–Crippen MR) is 123 cm³/mol. The van der Waals surface area contributed by atoms with Gasteiger partial charge >= 0.3 is 5.97 Å². The highest BCUT2D eigenvalue weighted by Gasteiger charge is 2.33. The van der Waals surface area contributed by atoms with E-state index in [0.717, 1.165) is 24.0 Å². The minimum Gasteiger partial charge on any atom is -0.493 e. The number of nitrogens with two attached hydrogens (primary N) is 1. The third kappa shape index (κ3) is 5.72. The van der Waals surface area contributed by atoms with Gasteiger partial charge in [0, 0.05) is 19.2 Å². The van der Waals surface area contributed by atoms with E-state index in [-0.39, 0.29) is 11.9 Å². The molecule has 2 N–H and O–H groups in total. The van der Waals surface area contributed by atoms with Crippen LogP contribution in [-0.2, 0) is 20.7 Å². The second kappa shape index (κ2) is 10.9. The number of carbonyl (C=O) groups is 2. The normalized spacial score (nSPS) is 16.8. The van der Waals surface area contributed by atoms with E-state index in [1.165, 1.54) is 6.92 Å². The molecule has 1 amide bonds. The third-order valence-corrected chi connectivity index (χ3v) is 5.86. The highest BCUT2D eigenvalue weighted by Crippen LogP contribution is 2.31. The van der Waals surface area contributed by atoms with Crippen LogP contribution < -0.4 is 15.2 Å². The van der Waals surface area contributed by atoms with Crippen molar-refractivity contribution in [3.05, 3.63) is 53.6 Å². The molecule has 7 heteroatoms. The predicted octanol–water partition coefficient (Wildman–Crippen LogP) is 3.90. The lowest BCUT2D eigenvalue weighted by molar-refractivity contribution is -0.161. The van der Waals surface area contributed by atoms with E-state index in [2.05, 4.69) is 0 Å². The summed E-state index contributed by atoms with van der Waals surface area (Å²) in [5.74, 6) is 0.857. The molecular weight excluding hydrogens is 408 g/mol. The maximum Gasteiger partial charge on any atom is 0.329 e. The zero-order valence-corrected chi connectivity index (χ0v) is 19.0. The lowest BCUT2D eigenvalue weighted by Crippen LogP contribution is -2.48. The SMILES string of the molecule is COc1ccc(CC[C@@H](OC(=O)[C@@H]2CCCCN2C(C)=O)c2cccc(N)c2)cc1OC. The Hall–Kier alpha value is -3.22. The lowest BCUT2D eigenvalue weighted by atomic mass is 9.99. The first-order chi connectivity index (χ1) is 15.4. The number of hydrogen-bond acceptors (Lipinski definition) is 6. The summed E-state index contributed by atoms with van der Waals surface area (Å²) >= 11 is 0. The van der Waals surface area contributed by atoms with Crippen molar-refractivity contribution < 1.29 is 23.8 Å². The summed E-state index contributed by atoms with van der Waals surface area (Å²) < 4.78 is 16.7. The Morgan fingerprint density at radius 2 is 1.88 bits per heavy atom. The molecule has 0 saturated carbocycles. The zero-order valence-electron chi connectivity index (χ0n) is 19.0. The Labute approximate surface area is 189 Å². The maximum absolute atomic E-state index is 13.1. The quantitative estimate of drug-likeness (QED) is 0.494. The maximum atomic E-state index is 13.1. The summed E-state index contributed by atoms with van der Waals surface area (Å²) in [4.78, 5) is 26.7. The largest absolute Gasteiger partial charge is 0.493 e. The highest BCUT2D eigenvalue weighted by molar-refractivity contribution is 5.83. The van der Waals surface area contributed by atoms with Gasteiger partial charge in [0.15, 0.2) is 11.5 Å². The van der Waals surface area contributed by atoms with Crippen molar-refractivity contribution >= 4 is 17.6 Å². The van der Waals surface area contributed by atoms with Gasteiger partial charge in [-0.3, -0.25) is 4.79 Å². The third-order valence-electron chi connectivity index (χ3n) is 5.86. The van der Waals surface area contributed by atoms with Gasteiger partial charge in [-0.1, -0.05) is 18.2 Å². The summed E-state index contributed by atoms with van der Waals surface area (Å²) in [5, 5.41) is 0. The van der Waals surface area contributed by atoms with E-state index in [0.29, 0.717) is 43.0 Å². The summed E-state index contributed by atoms with van der Waals surface area (Å²) in [7, 11) is 3.20. The molecule has 172 valence electrons. The Kier molecular flexibility index (Phi) is 7.98. The van der Waals surface area contributed by atoms with Gasteiger partial charge in [0.1, 0.15) is 12.1 Å². The molecule has 0 bridgehead atoms. The number of amides is 1. The number of nitrogens with zero attached hydrogens (tertiary/aromatic N) is 1. The number of ether oxygens (including phenoxy) is 3. The zero-order chi connectivity index (χ0) is 23.1. The number of benzene rings is 2. The number of nitrogen functional groups attached to an aromatic ring is 1. The Balaban J connectivity index is 1.78. The van der Waals surface area contributed by atoms with E-state index in [1.54, 1.807) is 25.2 Å². The van der Waals surface area contributed by atoms with E-state index in [9.17, 15) is 9.59 Å². The van der Waals surface area contributed by atoms with Gasteiger partial charge in [-0.05, 0) is 67.5 Å². The second-order valence-corrected chi connectivity index (χ2v) is 8.05. The molecule has 2 aromatic carbocycles. The van der Waals surface area contributed by atoms with Crippen LogP contribution in [0.1, 0.15) is 49.8 Å². The first-order valence-electron chi connectivity index (χ1n) is 11.0.